The average molecular weight is 304 g/mol. The molecule has 0 spiro atoms. The molecule has 3 aromatic rings. The summed E-state index contributed by atoms with van der Waals surface area (Å²) >= 11 is 0. The van der Waals surface area contributed by atoms with Crippen LogP contribution in [0.2, 0.25) is 0 Å². The van der Waals surface area contributed by atoms with Crippen molar-refractivity contribution in [1.82, 2.24) is 14.9 Å². The van der Waals surface area contributed by atoms with Crippen LogP contribution in [0.25, 0.3) is 22.2 Å². The summed E-state index contributed by atoms with van der Waals surface area (Å²) in [5.74, 6) is 0.843. The number of aromatic amines is 1. The maximum Gasteiger partial charge on any atom is 0.0703 e. The highest BCUT2D eigenvalue weighted by Crippen LogP contribution is 2.34. The van der Waals surface area contributed by atoms with Crippen molar-refractivity contribution in [2.75, 3.05) is 31.6 Å². The van der Waals surface area contributed by atoms with Gasteiger partial charge in [-0.3, -0.25) is 4.98 Å². The molecular weight excluding hydrogens is 284 g/mol. The molecule has 0 unspecified atom stereocenters. The van der Waals surface area contributed by atoms with Crippen molar-refractivity contribution in [1.29, 1.82) is 0 Å². The number of likely N-dealkylation sites (N-methyl/N-ethyl adjacent to an activating group) is 1. The molecule has 1 aromatic carbocycles. The minimum Gasteiger partial charge on any atom is -0.368 e. The number of benzene rings is 1. The molecule has 2 fully saturated rings. The number of rotatable bonds is 2. The highest BCUT2D eigenvalue weighted by atomic mass is 15.3. The van der Waals surface area contributed by atoms with Crippen molar-refractivity contribution in [3.63, 3.8) is 0 Å². The second kappa shape index (κ2) is 4.83. The number of nitrogens with one attached hydrogen (secondary N) is 1. The van der Waals surface area contributed by atoms with Crippen molar-refractivity contribution in [3.05, 3.63) is 48.8 Å². The fraction of sp³-hybridized carbons (Fsp3) is 0.316. The molecule has 2 aromatic heterocycles. The van der Waals surface area contributed by atoms with Crippen LogP contribution in [0.5, 0.6) is 0 Å². The zero-order valence-electron chi connectivity index (χ0n) is 13.2. The molecule has 2 aliphatic heterocycles. The van der Waals surface area contributed by atoms with E-state index in [4.69, 9.17) is 4.98 Å². The number of aromatic nitrogens is 2. The zero-order chi connectivity index (χ0) is 15.4. The minimum absolute atomic E-state index is 0.741. The molecule has 2 saturated heterocycles. The molecule has 2 aliphatic rings. The maximum atomic E-state index is 4.71. The molecule has 4 heterocycles. The first kappa shape index (κ1) is 13.1. The van der Waals surface area contributed by atoms with Crippen LogP contribution in [-0.2, 0) is 0 Å². The van der Waals surface area contributed by atoms with Crippen molar-refractivity contribution < 1.29 is 0 Å². The van der Waals surface area contributed by atoms with Gasteiger partial charge in [0.1, 0.15) is 0 Å². The molecule has 0 saturated carbocycles. The lowest BCUT2D eigenvalue weighted by Gasteiger charge is -2.40. The van der Waals surface area contributed by atoms with Crippen molar-refractivity contribution in [3.8, 4) is 11.3 Å². The Bertz CT molecular complexity index is 851. The summed E-state index contributed by atoms with van der Waals surface area (Å²) in [5.41, 5.74) is 4.63. The Labute approximate surface area is 135 Å². The van der Waals surface area contributed by atoms with E-state index in [-0.39, 0.29) is 0 Å². The summed E-state index contributed by atoms with van der Waals surface area (Å²) < 4.78 is 0. The van der Waals surface area contributed by atoms with Crippen LogP contribution in [0.1, 0.15) is 0 Å². The Kier molecular flexibility index (Phi) is 2.76. The third kappa shape index (κ3) is 2.05. The normalized spacial score (nSPS) is 24.0. The number of hydrogen-bond donors (Lipinski definition) is 1. The zero-order valence-corrected chi connectivity index (χ0v) is 13.2. The smallest absolute Gasteiger partial charge is 0.0703 e. The van der Waals surface area contributed by atoms with E-state index in [2.05, 4.69) is 58.2 Å². The van der Waals surface area contributed by atoms with Gasteiger partial charge in [-0.15, -0.1) is 0 Å². The predicted octanol–water partition coefficient (Wildman–Crippen LogP) is 2.98. The van der Waals surface area contributed by atoms with Gasteiger partial charge in [-0.25, -0.2) is 0 Å². The Morgan fingerprint density at radius 1 is 1.09 bits per heavy atom. The summed E-state index contributed by atoms with van der Waals surface area (Å²) in [4.78, 5) is 12.9. The summed E-state index contributed by atoms with van der Waals surface area (Å²) in [7, 11) is 2.23. The van der Waals surface area contributed by atoms with Crippen LogP contribution in [0, 0.1) is 5.92 Å². The molecule has 5 rings (SSSR count). The third-order valence-electron chi connectivity index (χ3n) is 5.46. The van der Waals surface area contributed by atoms with Gasteiger partial charge in [-0.05, 0) is 37.4 Å². The molecule has 23 heavy (non-hydrogen) atoms. The molecule has 0 bridgehead atoms. The minimum atomic E-state index is 0.741. The fourth-order valence-electron chi connectivity index (χ4n) is 4.07. The summed E-state index contributed by atoms with van der Waals surface area (Å²) in [5, 5.41) is 1.23. The molecule has 4 nitrogen and oxygen atoms in total. The number of H-pyrrole nitrogens is 1. The van der Waals surface area contributed by atoms with Crippen molar-refractivity contribution in [2.45, 2.75) is 6.04 Å². The lowest BCUT2D eigenvalue weighted by atomic mass is 9.93. The number of likely N-dealkylation sites (tertiary alicyclic amines) is 1. The maximum absolute atomic E-state index is 4.71. The second-order valence-corrected chi connectivity index (χ2v) is 6.85. The molecule has 116 valence electrons. The fourth-order valence-corrected chi connectivity index (χ4v) is 4.07. The highest BCUT2D eigenvalue weighted by molar-refractivity contribution is 5.84. The molecule has 1 N–H and O–H groups in total. The Balaban J connectivity index is 1.41. The second-order valence-electron chi connectivity index (χ2n) is 6.85. The highest BCUT2D eigenvalue weighted by Gasteiger charge is 2.43. The summed E-state index contributed by atoms with van der Waals surface area (Å²) in [6, 6.07) is 13.6. The quantitative estimate of drug-likeness (QED) is 0.790. The Morgan fingerprint density at radius 3 is 2.83 bits per heavy atom. The number of hydrogen-bond acceptors (Lipinski definition) is 3. The monoisotopic (exact) mass is 304 g/mol. The Hall–Kier alpha value is -2.33. The number of fused-ring (bicyclic) bond motifs is 2. The molecule has 0 amide bonds. The largest absolute Gasteiger partial charge is 0.368 e. The van der Waals surface area contributed by atoms with Crippen LogP contribution in [0.3, 0.4) is 0 Å². The van der Waals surface area contributed by atoms with Crippen LogP contribution in [-0.4, -0.2) is 47.6 Å². The van der Waals surface area contributed by atoms with Crippen LogP contribution >= 0.6 is 0 Å². The van der Waals surface area contributed by atoms with Crippen molar-refractivity contribution in [2.24, 2.45) is 5.92 Å². The lowest BCUT2D eigenvalue weighted by molar-refractivity contribution is 0.0827. The van der Waals surface area contributed by atoms with Gasteiger partial charge in [0.15, 0.2) is 0 Å². The van der Waals surface area contributed by atoms with Gasteiger partial charge in [-0.1, -0.05) is 6.07 Å². The van der Waals surface area contributed by atoms with E-state index >= 15 is 0 Å². The molecule has 0 radical (unpaired) electrons. The van der Waals surface area contributed by atoms with Crippen LogP contribution < -0.4 is 4.90 Å². The number of nitrogens with zero attached hydrogens (tertiary/aromatic N) is 3. The lowest BCUT2D eigenvalue weighted by Crippen LogP contribution is -2.52. The first-order chi connectivity index (χ1) is 11.3. The van der Waals surface area contributed by atoms with Gasteiger partial charge in [-0.2, -0.15) is 0 Å². The van der Waals surface area contributed by atoms with E-state index in [1.54, 1.807) is 0 Å². The third-order valence-corrected chi connectivity index (χ3v) is 5.46. The number of anilines is 1. The van der Waals surface area contributed by atoms with Crippen LogP contribution in [0.4, 0.5) is 5.69 Å². The number of pyridine rings is 1. The van der Waals surface area contributed by atoms with Crippen molar-refractivity contribution >= 4 is 16.6 Å². The van der Waals surface area contributed by atoms with E-state index in [1.807, 2.05) is 12.4 Å². The van der Waals surface area contributed by atoms with Gasteiger partial charge in [0.2, 0.25) is 0 Å². The van der Waals surface area contributed by atoms with Crippen LogP contribution in [0.15, 0.2) is 48.8 Å². The summed E-state index contributed by atoms with van der Waals surface area (Å²) in [6.07, 6.45) is 4.01. The topological polar surface area (TPSA) is 35.2 Å². The first-order valence-electron chi connectivity index (χ1n) is 8.27. The van der Waals surface area contributed by atoms with E-state index in [0.717, 1.165) is 24.2 Å². The van der Waals surface area contributed by atoms with Gasteiger partial charge in [0.25, 0.3) is 0 Å². The summed E-state index contributed by atoms with van der Waals surface area (Å²) in [6.45, 7) is 3.55. The van der Waals surface area contributed by atoms with Gasteiger partial charge in [0.05, 0.1) is 17.6 Å². The molecule has 4 heteroatoms. The Morgan fingerprint density at radius 2 is 2.04 bits per heavy atom. The van der Waals surface area contributed by atoms with E-state index in [0.29, 0.717) is 0 Å². The first-order valence-corrected chi connectivity index (χ1v) is 8.27. The SMILES string of the molecule is CN1C[C@H]2CN(c3ccc(-c4ccc5[nH]ccc5c4)nc3)C[C@H]21. The standard InChI is InChI=1S/C19H20N4/c1-22-10-15-11-23(12-19(15)22)16-3-5-18(21-9-16)13-2-4-17-14(8-13)6-7-20-17/h2-9,15,19-20H,10-12H2,1H3/t15-,19+/m0/s1. The molecular formula is C19H20N4. The molecule has 0 aliphatic carbocycles. The average Bonchev–Trinajstić information content (AvgIpc) is 3.18. The molecule has 2 atom stereocenters. The van der Waals surface area contributed by atoms with E-state index in [1.165, 1.54) is 35.2 Å². The van der Waals surface area contributed by atoms with E-state index < -0.39 is 0 Å². The predicted molar refractivity (Wildman–Crippen MR) is 93.7 cm³/mol. The van der Waals surface area contributed by atoms with Gasteiger partial charge >= 0.3 is 0 Å². The van der Waals surface area contributed by atoms with E-state index in [9.17, 15) is 0 Å². The van der Waals surface area contributed by atoms with Gasteiger partial charge < -0.3 is 14.8 Å². The van der Waals surface area contributed by atoms with Gasteiger partial charge in [0, 0.05) is 54.3 Å².